The number of fused-ring (bicyclic) bond motifs is 1. The smallest absolute Gasteiger partial charge is 0.211 e. The van der Waals surface area contributed by atoms with Crippen LogP contribution in [0.1, 0.15) is 5.56 Å². The van der Waals surface area contributed by atoms with Crippen LogP contribution in [-0.4, -0.2) is 8.42 Å². The lowest BCUT2D eigenvalue weighted by Gasteiger charge is -1.83. The van der Waals surface area contributed by atoms with E-state index >= 15 is 0 Å². The second kappa shape index (κ2) is 1.79. The van der Waals surface area contributed by atoms with Gasteiger partial charge in [-0.2, -0.15) is 0 Å². The molecule has 0 N–H and O–H groups in total. The van der Waals surface area contributed by atoms with Crippen molar-refractivity contribution in [3.63, 3.8) is 0 Å². The molecule has 1 aliphatic heterocycles. The Balaban J connectivity index is 2.88. The van der Waals surface area contributed by atoms with Crippen LogP contribution >= 0.6 is 11.6 Å². The highest BCUT2D eigenvalue weighted by molar-refractivity contribution is 7.97. The van der Waals surface area contributed by atoms with Crippen molar-refractivity contribution >= 4 is 21.4 Å². The minimum Gasteiger partial charge on any atom is -0.218 e. The summed E-state index contributed by atoms with van der Waals surface area (Å²) < 4.78 is 22.2. The van der Waals surface area contributed by atoms with E-state index in [1.165, 1.54) is 0 Å². The molecule has 0 unspecified atom stereocenters. The van der Waals surface area contributed by atoms with Gasteiger partial charge in [-0.25, -0.2) is 8.42 Å². The van der Waals surface area contributed by atoms with E-state index in [9.17, 15) is 8.42 Å². The molecule has 0 amide bonds. The third kappa shape index (κ3) is 0.752. The SMILES string of the molecule is Cc1ccc(Cl)c2c1S2(=O)=O. The third-order valence-electron chi connectivity index (χ3n) is 1.76. The first kappa shape index (κ1) is 7.13. The summed E-state index contributed by atoms with van der Waals surface area (Å²) in [6.45, 7) is 1.76. The molecule has 2 nitrogen and oxygen atoms in total. The standard InChI is InChI=1S/C7H5ClO2S/c1-4-2-3-5(8)7-6(4)11(7,9)10/h2-3H,1H3. The molecule has 0 aliphatic carbocycles. The molecule has 58 valence electrons. The zero-order valence-electron chi connectivity index (χ0n) is 5.76. The highest BCUT2D eigenvalue weighted by atomic mass is 35.5. The van der Waals surface area contributed by atoms with Crippen molar-refractivity contribution in [3.05, 3.63) is 22.7 Å². The van der Waals surface area contributed by atoms with Gasteiger partial charge in [0, 0.05) is 0 Å². The van der Waals surface area contributed by atoms with Crippen LogP contribution in [0.25, 0.3) is 0 Å². The largest absolute Gasteiger partial charge is 0.218 e. The number of sulfone groups is 1. The van der Waals surface area contributed by atoms with Crippen LogP contribution in [0.3, 0.4) is 0 Å². The lowest BCUT2D eigenvalue weighted by Crippen LogP contribution is -1.70. The molecule has 0 spiro atoms. The van der Waals surface area contributed by atoms with Crippen molar-refractivity contribution in [2.75, 3.05) is 0 Å². The van der Waals surface area contributed by atoms with Crippen LogP contribution < -0.4 is 0 Å². The summed E-state index contributed by atoms with van der Waals surface area (Å²) in [7, 11) is -3.07. The van der Waals surface area contributed by atoms with Gasteiger partial charge < -0.3 is 0 Å². The van der Waals surface area contributed by atoms with E-state index < -0.39 is 9.84 Å². The van der Waals surface area contributed by atoms with Gasteiger partial charge in [0.1, 0.15) is 4.90 Å². The summed E-state index contributed by atoms with van der Waals surface area (Å²) in [4.78, 5) is 0.740. The fraction of sp³-hybridized carbons (Fsp3) is 0.143. The fourth-order valence-electron chi connectivity index (χ4n) is 1.17. The Morgan fingerprint density at radius 2 is 1.91 bits per heavy atom. The Bertz CT molecular complexity index is 399. The maximum atomic E-state index is 11.1. The van der Waals surface area contributed by atoms with E-state index in [0.29, 0.717) is 14.8 Å². The van der Waals surface area contributed by atoms with Gasteiger partial charge in [0.05, 0.1) is 9.92 Å². The molecule has 0 radical (unpaired) electrons. The minimum atomic E-state index is -3.07. The van der Waals surface area contributed by atoms with Gasteiger partial charge >= 0.3 is 0 Å². The van der Waals surface area contributed by atoms with E-state index in [4.69, 9.17) is 11.6 Å². The van der Waals surface area contributed by atoms with Crippen LogP contribution in [0.15, 0.2) is 21.9 Å². The van der Waals surface area contributed by atoms with Gasteiger partial charge in [-0.1, -0.05) is 17.7 Å². The first-order chi connectivity index (χ1) is 5.05. The fourth-order valence-corrected chi connectivity index (χ4v) is 3.37. The quantitative estimate of drug-likeness (QED) is 0.591. The van der Waals surface area contributed by atoms with Crippen LogP contribution in [0, 0.1) is 6.92 Å². The van der Waals surface area contributed by atoms with Crippen LogP contribution in [0.2, 0.25) is 5.02 Å². The summed E-state index contributed by atoms with van der Waals surface area (Å²) in [5.74, 6) is 0. The Kier molecular flexibility index (Phi) is 1.16. The van der Waals surface area contributed by atoms with Crippen LogP contribution in [-0.2, 0) is 9.84 Å². The summed E-state index contributed by atoms with van der Waals surface area (Å²) >= 11 is 5.64. The lowest BCUT2D eigenvalue weighted by molar-refractivity contribution is 0.612. The second-order valence-electron chi connectivity index (χ2n) is 2.53. The van der Waals surface area contributed by atoms with Crippen molar-refractivity contribution in [1.82, 2.24) is 0 Å². The Morgan fingerprint density at radius 1 is 1.27 bits per heavy atom. The van der Waals surface area contributed by atoms with Crippen LogP contribution in [0.4, 0.5) is 0 Å². The highest BCUT2D eigenvalue weighted by Gasteiger charge is 2.43. The maximum absolute atomic E-state index is 11.1. The van der Waals surface area contributed by atoms with E-state index in [-0.39, 0.29) is 0 Å². The number of halogens is 1. The Labute approximate surface area is 69.7 Å². The first-order valence-corrected chi connectivity index (χ1v) is 4.95. The van der Waals surface area contributed by atoms with Gasteiger partial charge in [-0.05, 0) is 18.6 Å². The van der Waals surface area contributed by atoms with Gasteiger partial charge in [0.15, 0.2) is 0 Å². The van der Waals surface area contributed by atoms with E-state index in [1.54, 1.807) is 19.1 Å². The molecule has 0 aromatic heterocycles. The highest BCUT2D eigenvalue weighted by Crippen LogP contribution is 2.47. The molecule has 1 heterocycles. The normalized spacial score (nSPS) is 17.6. The molecule has 0 bridgehead atoms. The zero-order valence-corrected chi connectivity index (χ0v) is 7.33. The Hall–Kier alpha value is -0.540. The van der Waals surface area contributed by atoms with Crippen molar-refractivity contribution in [3.8, 4) is 0 Å². The summed E-state index contributed by atoms with van der Waals surface area (Å²) in [6.07, 6.45) is 0. The molecule has 0 saturated carbocycles. The lowest BCUT2D eigenvalue weighted by atomic mass is 10.2. The van der Waals surface area contributed by atoms with Crippen LogP contribution in [0.5, 0.6) is 0 Å². The number of rotatable bonds is 0. The van der Waals surface area contributed by atoms with E-state index in [1.807, 2.05) is 0 Å². The molecule has 2 rings (SSSR count). The average molecular weight is 189 g/mol. The van der Waals surface area contributed by atoms with Gasteiger partial charge in [0.25, 0.3) is 0 Å². The first-order valence-electron chi connectivity index (χ1n) is 3.09. The molecule has 1 aromatic carbocycles. The van der Waals surface area contributed by atoms with E-state index in [2.05, 4.69) is 0 Å². The predicted molar refractivity (Wildman–Crippen MR) is 41.6 cm³/mol. The Morgan fingerprint density at radius 3 is 2.45 bits per heavy atom. The molecule has 0 saturated heterocycles. The monoisotopic (exact) mass is 188 g/mol. The average Bonchev–Trinajstić information content (AvgIpc) is 2.47. The molecule has 0 atom stereocenters. The summed E-state index contributed by atoms with van der Waals surface area (Å²) in [6, 6.07) is 3.33. The number of benzene rings is 1. The van der Waals surface area contributed by atoms with Crippen molar-refractivity contribution < 1.29 is 8.42 Å². The molecular weight excluding hydrogens is 184 g/mol. The minimum absolute atomic E-state index is 0.319. The van der Waals surface area contributed by atoms with Gasteiger partial charge in [-0.3, -0.25) is 0 Å². The third-order valence-corrected chi connectivity index (χ3v) is 4.00. The second-order valence-corrected chi connectivity index (χ2v) is 4.76. The molecule has 1 aliphatic rings. The number of aryl methyl sites for hydroxylation is 1. The molecule has 11 heavy (non-hydrogen) atoms. The van der Waals surface area contributed by atoms with E-state index in [0.717, 1.165) is 5.56 Å². The van der Waals surface area contributed by atoms with Crippen molar-refractivity contribution in [2.24, 2.45) is 0 Å². The van der Waals surface area contributed by atoms with Crippen molar-refractivity contribution in [2.45, 2.75) is 16.7 Å². The zero-order chi connectivity index (χ0) is 8.22. The predicted octanol–water partition coefficient (Wildman–Crippen LogP) is 1.79. The number of hydrogen-bond acceptors (Lipinski definition) is 2. The van der Waals surface area contributed by atoms with Gasteiger partial charge in [-0.15, -0.1) is 0 Å². The summed E-state index contributed by atoms with van der Waals surface area (Å²) in [5.41, 5.74) is 0.782. The molecule has 4 heteroatoms. The summed E-state index contributed by atoms with van der Waals surface area (Å²) in [5, 5.41) is 0.339. The maximum Gasteiger partial charge on any atom is 0.211 e. The molecular formula is C7H5ClO2S. The van der Waals surface area contributed by atoms with Crippen molar-refractivity contribution in [1.29, 1.82) is 0 Å². The topological polar surface area (TPSA) is 34.1 Å². The molecule has 0 fully saturated rings. The molecule has 1 aromatic rings. The van der Waals surface area contributed by atoms with Gasteiger partial charge in [0.2, 0.25) is 9.84 Å². The number of hydrogen-bond donors (Lipinski definition) is 0.